The van der Waals surface area contributed by atoms with E-state index in [1.54, 1.807) is 0 Å². The molecule has 0 N–H and O–H groups in total. The summed E-state index contributed by atoms with van der Waals surface area (Å²) in [6.07, 6.45) is 1.55. The van der Waals surface area contributed by atoms with Crippen LogP contribution in [-0.2, 0) is 11.2 Å². The van der Waals surface area contributed by atoms with E-state index in [1.807, 2.05) is 11.0 Å². The highest BCUT2D eigenvalue weighted by Gasteiger charge is 2.29. The SMILES string of the molecule is O=C1CC(CS)CN1c1ccc(Cc2ccccc2)cc1. The van der Waals surface area contributed by atoms with E-state index in [0.29, 0.717) is 12.3 Å². The maximum Gasteiger partial charge on any atom is 0.227 e. The molecule has 1 aliphatic heterocycles. The maximum absolute atomic E-state index is 12.0. The normalized spacial score (nSPS) is 18.2. The van der Waals surface area contributed by atoms with Crippen LogP contribution in [0.4, 0.5) is 5.69 Å². The molecule has 21 heavy (non-hydrogen) atoms. The summed E-state index contributed by atoms with van der Waals surface area (Å²) in [5.74, 6) is 1.36. The first-order valence-corrected chi connectivity index (χ1v) is 7.93. The predicted molar refractivity (Wildman–Crippen MR) is 90.0 cm³/mol. The fourth-order valence-electron chi connectivity index (χ4n) is 2.78. The zero-order chi connectivity index (χ0) is 14.7. The molecule has 0 spiro atoms. The monoisotopic (exact) mass is 297 g/mol. The number of carbonyl (C=O) groups excluding carboxylic acids is 1. The summed E-state index contributed by atoms with van der Waals surface area (Å²) in [5.41, 5.74) is 3.57. The Labute approximate surface area is 131 Å². The Morgan fingerprint density at radius 2 is 1.67 bits per heavy atom. The van der Waals surface area contributed by atoms with E-state index < -0.39 is 0 Å². The zero-order valence-electron chi connectivity index (χ0n) is 11.9. The Kier molecular flexibility index (Phi) is 4.30. The Morgan fingerprint density at radius 1 is 1.00 bits per heavy atom. The number of hydrogen-bond donors (Lipinski definition) is 1. The smallest absolute Gasteiger partial charge is 0.227 e. The van der Waals surface area contributed by atoms with Gasteiger partial charge in [0.2, 0.25) is 5.91 Å². The second kappa shape index (κ2) is 6.35. The minimum Gasteiger partial charge on any atom is -0.312 e. The third-order valence-electron chi connectivity index (χ3n) is 3.96. The van der Waals surface area contributed by atoms with E-state index in [1.165, 1.54) is 11.1 Å². The minimum absolute atomic E-state index is 0.213. The van der Waals surface area contributed by atoms with Crippen molar-refractivity contribution in [1.29, 1.82) is 0 Å². The molecule has 0 aromatic heterocycles. The van der Waals surface area contributed by atoms with Crippen molar-refractivity contribution in [3.8, 4) is 0 Å². The summed E-state index contributed by atoms with van der Waals surface area (Å²) >= 11 is 4.30. The molecule has 1 atom stereocenters. The van der Waals surface area contributed by atoms with E-state index in [9.17, 15) is 4.79 Å². The lowest BCUT2D eigenvalue weighted by Gasteiger charge is -2.17. The average molecular weight is 297 g/mol. The quantitative estimate of drug-likeness (QED) is 0.856. The minimum atomic E-state index is 0.213. The number of rotatable bonds is 4. The van der Waals surface area contributed by atoms with Gasteiger partial charge < -0.3 is 4.90 Å². The van der Waals surface area contributed by atoms with Gasteiger partial charge in [0, 0.05) is 18.7 Å². The molecule has 108 valence electrons. The van der Waals surface area contributed by atoms with E-state index in [-0.39, 0.29) is 5.91 Å². The van der Waals surface area contributed by atoms with Gasteiger partial charge in [0.15, 0.2) is 0 Å². The van der Waals surface area contributed by atoms with Gasteiger partial charge in [-0.2, -0.15) is 12.6 Å². The van der Waals surface area contributed by atoms with Crippen molar-refractivity contribution < 1.29 is 4.79 Å². The number of thiol groups is 1. The first kappa shape index (κ1) is 14.2. The van der Waals surface area contributed by atoms with Crippen LogP contribution in [0.15, 0.2) is 54.6 Å². The highest BCUT2D eigenvalue weighted by atomic mass is 32.1. The first-order valence-electron chi connectivity index (χ1n) is 7.30. The summed E-state index contributed by atoms with van der Waals surface area (Å²) in [6, 6.07) is 18.8. The number of carbonyl (C=O) groups is 1. The van der Waals surface area contributed by atoms with Crippen molar-refractivity contribution in [1.82, 2.24) is 0 Å². The fourth-order valence-corrected chi connectivity index (χ4v) is 3.02. The number of nitrogens with zero attached hydrogens (tertiary/aromatic N) is 1. The lowest BCUT2D eigenvalue weighted by molar-refractivity contribution is -0.117. The van der Waals surface area contributed by atoms with E-state index in [4.69, 9.17) is 0 Å². The molecule has 2 aromatic rings. The highest BCUT2D eigenvalue weighted by molar-refractivity contribution is 7.80. The molecular formula is C18H19NOS. The lowest BCUT2D eigenvalue weighted by Crippen LogP contribution is -2.24. The molecular weight excluding hydrogens is 278 g/mol. The third-order valence-corrected chi connectivity index (χ3v) is 4.48. The topological polar surface area (TPSA) is 20.3 Å². The van der Waals surface area contributed by atoms with E-state index in [0.717, 1.165) is 24.4 Å². The predicted octanol–water partition coefficient (Wildman–Crippen LogP) is 3.56. The Bertz CT molecular complexity index is 609. The van der Waals surface area contributed by atoms with Crippen LogP contribution >= 0.6 is 12.6 Å². The Hall–Kier alpha value is -1.74. The number of hydrogen-bond acceptors (Lipinski definition) is 2. The van der Waals surface area contributed by atoms with Crippen molar-refractivity contribution in [2.24, 2.45) is 5.92 Å². The van der Waals surface area contributed by atoms with Gasteiger partial charge in [0.05, 0.1) is 0 Å². The molecule has 0 aliphatic carbocycles. The molecule has 1 fully saturated rings. The Balaban J connectivity index is 1.71. The molecule has 2 aromatic carbocycles. The van der Waals surface area contributed by atoms with Crippen LogP contribution in [0.25, 0.3) is 0 Å². The van der Waals surface area contributed by atoms with Gasteiger partial charge in [-0.3, -0.25) is 4.79 Å². The summed E-state index contributed by atoms with van der Waals surface area (Å²) in [7, 11) is 0. The second-order valence-electron chi connectivity index (χ2n) is 5.59. The molecule has 3 rings (SSSR count). The number of anilines is 1. The van der Waals surface area contributed by atoms with Crippen LogP contribution in [-0.4, -0.2) is 18.2 Å². The molecule has 0 radical (unpaired) electrons. The summed E-state index contributed by atoms with van der Waals surface area (Å²) in [5, 5.41) is 0. The van der Waals surface area contributed by atoms with E-state index >= 15 is 0 Å². The fraction of sp³-hybridized carbons (Fsp3) is 0.278. The molecule has 1 unspecified atom stereocenters. The van der Waals surface area contributed by atoms with Crippen LogP contribution < -0.4 is 4.90 Å². The summed E-state index contributed by atoms with van der Waals surface area (Å²) in [6.45, 7) is 0.792. The van der Waals surface area contributed by atoms with Gasteiger partial charge in [0.25, 0.3) is 0 Å². The van der Waals surface area contributed by atoms with Crippen LogP contribution in [0.5, 0.6) is 0 Å². The second-order valence-corrected chi connectivity index (χ2v) is 5.95. The van der Waals surface area contributed by atoms with Crippen LogP contribution in [0.2, 0.25) is 0 Å². The molecule has 1 aliphatic rings. The van der Waals surface area contributed by atoms with Crippen molar-refractivity contribution in [3.63, 3.8) is 0 Å². The molecule has 3 heteroatoms. The largest absolute Gasteiger partial charge is 0.312 e. The zero-order valence-corrected chi connectivity index (χ0v) is 12.8. The van der Waals surface area contributed by atoms with Gasteiger partial charge in [-0.1, -0.05) is 42.5 Å². The van der Waals surface area contributed by atoms with Gasteiger partial charge in [-0.15, -0.1) is 0 Å². The van der Waals surface area contributed by atoms with Gasteiger partial charge in [-0.25, -0.2) is 0 Å². The molecule has 1 amide bonds. The molecule has 0 bridgehead atoms. The highest BCUT2D eigenvalue weighted by Crippen LogP contribution is 2.26. The third kappa shape index (κ3) is 3.30. The van der Waals surface area contributed by atoms with Crippen LogP contribution in [0, 0.1) is 5.92 Å². The van der Waals surface area contributed by atoms with E-state index in [2.05, 4.69) is 61.2 Å². The molecule has 1 saturated heterocycles. The van der Waals surface area contributed by atoms with Gasteiger partial charge >= 0.3 is 0 Å². The standard InChI is InChI=1S/C18H19NOS/c20-18-11-16(13-21)12-19(18)17-8-6-15(7-9-17)10-14-4-2-1-3-5-14/h1-9,16,21H,10-13H2. The van der Waals surface area contributed by atoms with Crippen LogP contribution in [0.1, 0.15) is 17.5 Å². The first-order chi connectivity index (χ1) is 10.3. The number of amides is 1. The molecule has 1 heterocycles. The maximum atomic E-state index is 12.0. The van der Waals surface area contributed by atoms with Gasteiger partial charge in [-0.05, 0) is 41.4 Å². The van der Waals surface area contributed by atoms with Crippen molar-refractivity contribution >= 4 is 24.2 Å². The van der Waals surface area contributed by atoms with Gasteiger partial charge in [0.1, 0.15) is 0 Å². The van der Waals surface area contributed by atoms with Crippen LogP contribution in [0.3, 0.4) is 0 Å². The van der Waals surface area contributed by atoms with Crippen molar-refractivity contribution in [3.05, 3.63) is 65.7 Å². The van der Waals surface area contributed by atoms with Crippen molar-refractivity contribution in [2.75, 3.05) is 17.2 Å². The summed E-state index contributed by atoms with van der Waals surface area (Å²) < 4.78 is 0. The molecule has 0 saturated carbocycles. The number of benzene rings is 2. The average Bonchev–Trinajstić information content (AvgIpc) is 2.90. The summed E-state index contributed by atoms with van der Waals surface area (Å²) in [4.78, 5) is 13.9. The van der Waals surface area contributed by atoms with Crippen molar-refractivity contribution in [2.45, 2.75) is 12.8 Å². The Morgan fingerprint density at radius 3 is 2.29 bits per heavy atom. The lowest BCUT2D eigenvalue weighted by atomic mass is 10.0. The molecule has 2 nitrogen and oxygen atoms in total.